The third kappa shape index (κ3) is 3.78. The van der Waals surface area contributed by atoms with E-state index in [2.05, 4.69) is 0 Å². The topological polar surface area (TPSA) is 60.8 Å². The lowest BCUT2D eigenvalue weighted by Crippen LogP contribution is -2.37. The molecule has 0 heterocycles. The number of benzene rings is 1. The second kappa shape index (κ2) is 6.66. The minimum atomic E-state index is -0.871. The van der Waals surface area contributed by atoms with Gasteiger partial charge >= 0.3 is 5.97 Å². The van der Waals surface area contributed by atoms with Gasteiger partial charge < -0.3 is 10.2 Å². The van der Waals surface area contributed by atoms with Crippen LogP contribution in [0.1, 0.15) is 31.2 Å². The maximum atomic E-state index is 11.0. The Hall–Kier alpha value is -0.970. The Labute approximate surface area is 127 Å². The van der Waals surface area contributed by atoms with Crippen LogP contribution in [0.5, 0.6) is 5.75 Å². The zero-order chi connectivity index (χ0) is 14.7. The van der Waals surface area contributed by atoms with Gasteiger partial charge in [-0.3, -0.25) is 9.69 Å². The van der Waals surface area contributed by atoms with Crippen molar-refractivity contribution in [3.8, 4) is 5.75 Å². The van der Waals surface area contributed by atoms with Crippen LogP contribution in [0.25, 0.3) is 0 Å². The van der Waals surface area contributed by atoms with E-state index in [1.165, 1.54) is 6.07 Å². The first-order chi connectivity index (χ1) is 9.47. The first kappa shape index (κ1) is 15.4. The Balaban J connectivity index is 2.20. The van der Waals surface area contributed by atoms with E-state index < -0.39 is 5.97 Å². The van der Waals surface area contributed by atoms with Gasteiger partial charge in [-0.05, 0) is 25.0 Å². The van der Waals surface area contributed by atoms with E-state index in [4.69, 9.17) is 28.3 Å². The van der Waals surface area contributed by atoms with Gasteiger partial charge in [-0.2, -0.15) is 0 Å². The van der Waals surface area contributed by atoms with Crippen molar-refractivity contribution in [2.75, 3.05) is 6.54 Å². The number of hydrogen-bond acceptors (Lipinski definition) is 3. The second-order valence-electron chi connectivity index (χ2n) is 5.13. The number of carbonyl (C=O) groups is 1. The van der Waals surface area contributed by atoms with E-state index in [0.717, 1.165) is 25.7 Å². The molecule has 1 saturated carbocycles. The maximum absolute atomic E-state index is 11.0. The van der Waals surface area contributed by atoms with Crippen LogP contribution in [0.2, 0.25) is 10.0 Å². The lowest BCUT2D eigenvalue weighted by Gasteiger charge is -2.27. The Bertz CT molecular complexity index is 501. The van der Waals surface area contributed by atoms with E-state index in [9.17, 15) is 9.90 Å². The highest BCUT2D eigenvalue weighted by Gasteiger charge is 2.25. The van der Waals surface area contributed by atoms with E-state index in [0.29, 0.717) is 17.1 Å². The largest absolute Gasteiger partial charge is 0.506 e. The molecule has 6 heteroatoms. The Kier molecular flexibility index (Phi) is 5.13. The summed E-state index contributed by atoms with van der Waals surface area (Å²) >= 11 is 11.8. The zero-order valence-corrected chi connectivity index (χ0v) is 12.5. The van der Waals surface area contributed by atoms with Gasteiger partial charge in [0.15, 0.2) is 0 Å². The fourth-order valence-corrected chi connectivity index (χ4v) is 3.25. The molecule has 0 spiro atoms. The fraction of sp³-hybridized carbons (Fsp3) is 0.500. The van der Waals surface area contributed by atoms with Crippen LogP contribution in [0.15, 0.2) is 12.1 Å². The number of halogens is 2. The van der Waals surface area contributed by atoms with E-state index in [1.54, 1.807) is 6.07 Å². The average molecular weight is 318 g/mol. The quantitative estimate of drug-likeness (QED) is 0.872. The summed E-state index contributed by atoms with van der Waals surface area (Å²) in [6.07, 6.45) is 4.21. The number of rotatable bonds is 5. The molecule has 0 bridgehead atoms. The van der Waals surface area contributed by atoms with Crippen LogP contribution in [0, 0.1) is 0 Å². The lowest BCUT2D eigenvalue weighted by molar-refractivity contribution is -0.139. The average Bonchev–Trinajstić information content (AvgIpc) is 2.87. The highest BCUT2D eigenvalue weighted by molar-refractivity contribution is 6.35. The van der Waals surface area contributed by atoms with E-state index >= 15 is 0 Å². The monoisotopic (exact) mass is 317 g/mol. The van der Waals surface area contributed by atoms with Crippen LogP contribution >= 0.6 is 23.2 Å². The highest BCUT2D eigenvalue weighted by Crippen LogP contribution is 2.33. The molecule has 0 aromatic heterocycles. The van der Waals surface area contributed by atoms with Gasteiger partial charge in [0, 0.05) is 23.2 Å². The third-order valence-electron chi connectivity index (χ3n) is 3.66. The molecule has 0 unspecified atom stereocenters. The number of aliphatic carboxylic acids is 1. The van der Waals surface area contributed by atoms with Gasteiger partial charge in [0.1, 0.15) is 5.75 Å². The first-order valence-corrected chi connectivity index (χ1v) is 7.35. The first-order valence-electron chi connectivity index (χ1n) is 6.60. The molecule has 0 radical (unpaired) electrons. The molecule has 4 nitrogen and oxygen atoms in total. The summed E-state index contributed by atoms with van der Waals surface area (Å²) in [6, 6.07) is 3.34. The van der Waals surface area contributed by atoms with Crippen LogP contribution in [-0.2, 0) is 11.3 Å². The third-order valence-corrected chi connectivity index (χ3v) is 4.17. The molecule has 20 heavy (non-hydrogen) atoms. The predicted molar refractivity (Wildman–Crippen MR) is 78.4 cm³/mol. The van der Waals surface area contributed by atoms with Crippen molar-refractivity contribution in [2.24, 2.45) is 0 Å². The lowest BCUT2D eigenvalue weighted by atomic mass is 10.1. The molecule has 1 fully saturated rings. The second-order valence-corrected chi connectivity index (χ2v) is 5.98. The Morgan fingerprint density at radius 1 is 1.30 bits per heavy atom. The molecule has 1 aliphatic carbocycles. The van der Waals surface area contributed by atoms with Gasteiger partial charge in [-0.1, -0.05) is 36.0 Å². The van der Waals surface area contributed by atoms with Crippen LogP contribution in [0.4, 0.5) is 0 Å². The molecule has 0 aliphatic heterocycles. The van der Waals surface area contributed by atoms with Crippen molar-refractivity contribution in [2.45, 2.75) is 38.3 Å². The molecule has 2 N–H and O–H groups in total. The molecule has 110 valence electrons. The smallest absolute Gasteiger partial charge is 0.317 e. The summed E-state index contributed by atoms with van der Waals surface area (Å²) < 4.78 is 0. The fourth-order valence-electron chi connectivity index (χ4n) is 2.72. The Morgan fingerprint density at radius 3 is 2.55 bits per heavy atom. The van der Waals surface area contributed by atoms with Gasteiger partial charge in [0.25, 0.3) is 0 Å². The number of hydrogen-bond donors (Lipinski definition) is 2. The van der Waals surface area contributed by atoms with Crippen molar-refractivity contribution < 1.29 is 15.0 Å². The molecular weight excluding hydrogens is 301 g/mol. The normalized spacial score (nSPS) is 15.9. The van der Waals surface area contributed by atoms with Crippen molar-refractivity contribution >= 4 is 29.2 Å². The molecule has 1 aromatic rings. The number of aromatic hydroxyl groups is 1. The number of phenols is 1. The minimum absolute atomic E-state index is 0.0237. The van der Waals surface area contributed by atoms with Gasteiger partial charge in [0.05, 0.1) is 11.6 Å². The van der Waals surface area contributed by atoms with Crippen molar-refractivity contribution in [1.29, 1.82) is 0 Å². The molecule has 2 rings (SSSR count). The van der Waals surface area contributed by atoms with Gasteiger partial charge in [-0.15, -0.1) is 0 Å². The molecule has 0 amide bonds. The standard InChI is InChI=1S/C14H17Cl2NO3/c15-10-5-9(14(20)12(16)6-10)7-17(8-13(18)19)11-3-1-2-4-11/h5-6,11,20H,1-4,7-8H2,(H,18,19). The SMILES string of the molecule is O=C(O)CN(Cc1cc(Cl)cc(Cl)c1O)C1CCCC1. The zero-order valence-electron chi connectivity index (χ0n) is 11.0. The molecular formula is C14H17Cl2NO3. The predicted octanol–water partition coefficient (Wildman–Crippen LogP) is 3.53. The number of nitrogens with zero attached hydrogens (tertiary/aromatic N) is 1. The maximum Gasteiger partial charge on any atom is 0.317 e. The summed E-state index contributed by atoms with van der Waals surface area (Å²) in [5, 5.41) is 19.7. The summed E-state index contributed by atoms with van der Waals surface area (Å²) in [6.45, 7) is 0.289. The van der Waals surface area contributed by atoms with E-state index in [-0.39, 0.29) is 23.4 Å². The molecule has 0 atom stereocenters. The van der Waals surface area contributed by atoms with Crippen molar-refractivity contribution in [3.63, 3.8) is 0 Å². The molecule has 1 aliphatic rings. The summed E-state index contributed by atoms with van der Waals surface area (Å²) in [7, 11) is 0. The summed E-state index contributed by atoms with van der Waals surface area (Å²) in [5.41, 5.74) is 0.565. The number of carboxylic acids is 1. The minimum Gasteiger partial charge on any atom is -0.506 e. The van der Waals surface area contributed by atoms with Crippen molar-refractivity contribution in [1.82, 2.24) is 4.90 Å². The van der Waals surface area contributed by atoms with Gasteiger partial charge in [-0.25, -0.2) is 0 Å². The van der Waals surface area contributed by atoms with Crippen LogP contribution < -0.4 is 0 Å². The summed E-state index contributed by atoms with van der Waals surface area (Å²) in [4.78, 5) is 12.9. The van der Waals surface area contributed by atoms with Crippen molar-refractivity contribution in [3.05, 3.63) is 27.7 Å². The van der Waals surface area contributed by atoms with Crippen LogP contribution in [-0.4, -0.2) is 33.7 Å². The van der Waals surface area contributed by atoms with Gasteiger partial charge in [0.2, 0.25) is 0 Å². The highest BCUT2D eigenvalue weighted by atomic mass is 35.5. The Morgan fingerprint density at radius 2 is 1.95 bits per heavy atom. The summed E-state index contributed by atoms with van der Waals surface area (Å²) in [5.74, 6) is -0.894. The van der Waals surface area contributed by atoms with E-state index in [1.807, 2.05) is 4.90 Å². The molecule has 0 saturated heterocycles. The number of phenolic OH excluding ortho intramolecular Hbond substituents is 1. The number of carboxylic acid groups (broad SMARTS) is 1. The van der Waals surface area contributed by atoms with Crippen LogP contribution in [0.3, 0.4) is 0 Å². The molecule has 1 aromatic carbocycles.